The number of hydrazone groups is 1. The Hall–Kier alpha value is -2.14. The van der Waals surface area contributed by atoms with Gasteiger partial charge in [-0.2, -0.15) is 5.10 Å². The van der Waals surface area contributed by atoms with Crippen molar-refractivity contribution in [3.63, 3.8) is 0 Å². The fourth-order valence-corrected chi connectivity index (χ4v) is 2.70. The molecule has 0 radical (unpaired) electrons. The van der Waals surface area contributed by atoms with Gasteiger partial charge in [0.2, 0.25) is 0 Å². The SMILES string of the molecule is C/C(=N/NC(=O)[C@@H](C)SCc1ccccc1)c1ccc(F)cc1. The molecule has 23 heavy (non-hydrogen) atoms. The zero-order valence-electron chi connectivity index (χ0n) is 13.1. The van der Waals surface area contributed by atoms with E-state index >= 15 is 0 Å². The highest BCUT2D eigenvalue weighted by atomic mass is 32.2. The molecule has 5 heteroatoms. The third kappa shape index (κ3) is 5.53. The van der Waals surface area contributed by atoms with Gasteiger partial charge in [0.15, 0.2) is 0 Å². The molecule has 0 saturated carbocycles. The van der Waals surface area contributed by atoms with Crippen LogP contribution in [0.25, 0.3) is 0 Å². The molecular weight excluding hydrogens is 311 g/mol. The number of hydrogen-bond acceptors (Lipinski definition) is 3. The Balaban J connectivity index is 1.85. The van der Waals surface area contributed by atoms with E-state index in [9.17, 15) is 9.18 Å². The van der Waals surface area contributed by atoms with Crippen LogP contribution in [0.3, 0.4) is 0 Å². The van der Waals surface area contributed by atoms with E-state index in [-0.39, 0.29) is 17.0 Å². The Kier molecular flexibility index (Phi) is 6.35. The second kappa shape index (κ2) is 8.48. The van der Waals surface area contributed by atoms with Crippen LogP contribution in [0.5, 0.6) is 0 Å². The average molecular weight is 330 g/mol. The van der Waals surface area contributed by atoms with Crippen LogP contribution in [0.4, 0.5) is 4.39 Å². The summed E-state index contributed by atoms with van der Waals surface area (Å²) in [5.41, 5.74) is 5.16. The lowest BCUT2D eigenvalue weighted by Crippen LogP contribution is -2.27. The van der Waals surface area contributed by atoms with Crippen molar-refractivity contribution < 1.29 is 9.18 Å². The van der Waals surface area contributed by atoms with Crippen molar-refractivity contribution >= 4 is 23.4 Å². The zero-order chi connectivity index (χ0) is 16.7. The monoisotopic (exact) mass is 330 g/mol. The summed E-state index contributed by atoms with van der Waals surface area (Å²) >= 11 is 1.56. The number of rotatable bonds is 6. The van der Waals surface area contributed by atoms with E-state index < -0.39 is 0 Å². The predicted octanol–water partition coefficient (Wildman–Crippen LogP) is 3.99. The zero-order valence-corrected chi connectivity index (χ0v) is 13.9. The fraction of sp³-hybridized carbons (Fsp3) is 0.222. The Morgan fingerprint density at radius 3 is 2.48 bits per heavy atom. The van der Waals surface area contributed by atoms with E-state index in [2.05, 4.69) is 10.5 Å². The van der Waals surface area contributed by atoms with Crippen molar-refractivity contribution in [2.24, 2.45) is 5.10 Å². The summed E-state index contributed by atoms with van der Waals surface area (Å²) in [5.74, 6) is 0.333. The number of carbonyl (C=O) groups excluding carboxylic acids is 1. The van der Waals surface area contributed by atoms with Gasteiger partial charge in [-0.3, -0.25) is 4.79 Å². The topological polar surface area (TPSA) is 41.5 Å². The van der Waals surface area contributed by atoms with Gasteiger partial charge >= 0.3 is 0 Å². The maximum Gasteiger partial charge on any atom is 0.252 e. The first-order valence-corrected chi connectivity index (χ1v) is 8.37. The maximum absolute atomic E-state index is 12.9. The van der Waals surface area contributed by atoms with Crippen molar-refractivity contribution in [3.05, 3.63) is 71.5 Å². The molecule has 0 spiro atoms. The molecule has 0 aliphatic carbocycles. The molecule has 2 aromatic carbocycles. The number of benzene rings is 2. The highest BCUT2D eigenvalue weighted by Crippen LogP contribution is 2.17. The minimum atomic E-state index is -0.295. The third-order valence-electron chi connectivity index (χ3n) is 3.31. The number of amides is 1. The van der Waals surface area contributed by atoms with Gasteiger partial charge in [0.05, 0.1) is 11.0 Å². The van der Waals surface area contributed by atoms with Crippen LogP contribution < -0.4 is 5.43 Å². The molecule has 0 aromatic heterocycles. The summed E-state index contributed by atoms with van der Waals surface area (Å²) in [6.45, 7) is 3.63. The summed E-state index contributed by atoms with van der Waals surface area (Å²) in [4.78, 5) is 12.1. The molecule has 120 valence electrons. The van der Waals surface area contributed by atoms with Crippen LogP contribution in [-0.4, -0.2) is 16.9 Å². The van der Waals surface area contributed by atoms with Crippen LogP contribution in [0.15, 0.2) is 59.7 Å². The second-order valence-corrected chi connectivity index (χ2v) is 6.45. The molecule has 0 unspecified atom stereocenters. The van der Waals surface area contributed by atoms with Gasteiger partial charge in [0.1, 0.15) is 5.82 Å². The largest absolute Gasteiger partial charge is 0.272 e. The number of nitrogens with zero attached hydrogens (tertiary/aromatic N) is 1. The van der Waals surface area contributed by atoms with Crippen molar-refractivity contribution in [1.82, 2.24) is 5.43 Å². The van der Waals surface area contributed by atoms with Crippen LogP contribution in [-0.2, 0) is 10.5 Å². The lowest BCUT2D eigenvalue weighted by Gasteiger charge is -2.10. The van der Waals surface area contributed by atoms with Crippen LogP contribution in [0.1, 0.15) is 25.0 Å². The third-order valence-corrected chi connectivity index (χ3v) is 4.52. The van der Waals surface area contributed by atoms with Gasteiger partial charge in [-0.25, -0.2) is 9.82 Å². The van der Waals surface area contributed by atoms with Gasteiger partial charge in [-0.15, -0.1) is 11.8 Å². The van der Waals surface area contributed by atoms with Gasteiger partial charge in [-0.1, -0.05) is 42.5 Å². The van der Waals surface area contributed by atoms with Crippen molar-refractivity contribution in [1.29, 1.82) is 0 Å². The Morgan fingerprint density at radius 2 is 1.83 bits per heavy atom. The van der Waals surface area contributed by atoms with Crippen LogP contribution >= 0.6 is 11.8 Å². The number of halogens is 1. The minimum absolute atomic E-state index is 0.146. The summed E-state index contributed by atoms with van der Waals surface area (Å²) in [6, 6.07) is 16.0. The molecule has 2 aromatic rings. The molecule has 0 aliphatic heterocycles. The number of hydrogen-bond donors (Lipinski definition) is 1. The first-order chi connectivity index (χ1) is 11.1. The van der Waals surface area contributed by atoms with Crippen LogP contribution in [0, 0.1) is 5.82 Å². The summed E-state index contributed by atoms with van der Waals surface area (Å²) in [7, 11) is 0. The number of nitrogens with one attached hydrogen (secondary N) is 1. The summed E-state index contributed by atoms with van der Waals surface area (Å²) < 4.78 is 12.9. The van der Waals surface area contributed by atoms with Crippen LogP contribution in [0.2, 0.25) is 0 Å². The van der Waals surface area contributed by atoms with E-state index in [0.717, 1.165) is 11.3 Å². The van der Waals surface area contributed by atoms with Gasteiger partial charge in [0.25, 0.3) is 5.91 Å². The quantitative estimate of drug-likeness (QED) is 0.643. The van der Waals surface area contributed by atoms with Crippen molar-refractivity contribution in [2.75, 3.05) is 0 Å². The van der Waals surface area contributed by atoms with Gasteiger partial charge < -0.3 is 0 Å². The molecular formula is C18H19FN2OS. The van der Waals surface area contributed by atoms with Crippen molar-refractivity contribution in [3.8, 4) is 0 Å². The molecule has 1 amide bonds. The lowest BCUT2D eigenvalue weighted by atomic mass is 10.1. The van der Waals surface area contributed by atoms with Gasteiger partial charge in [0, 0.05) is 5.75 Å². The van der Waals surface area contributed by atoms with E-state index in [4.69, 9.17) is 0 Å². The molecule has 0 saturated heterocycles. The van der Waals surface area contributed by atoms with Crippen molar-refractivity contribution in [2.45, 2.75) is 24.9 Å². The van der Waals surface area contributed by atoms with E-state index in [1.807, 2.05) is 37.3 Å². The van der Waals surface area contributed by atoms with E-state index in [0.29, 0.717) is 5.71 Å². The molecule has 0 fully saturated rings. The number of thioether (sulfide) groups is 1. The normalized spacial score (nSPS) is 12.7. The summed E-state index contributed by atoms with van der Waals surface area (Å²) in [6.07, 6.45) is 0. The first kappa shape index (κ1) is 17.2. The lowest BCUT2D eigenvalue weighted by molar-refractivity contribution is -0.120. The first-order valence-electron chi connectivity index (χ1n) is 7.32. The molecule has 1 N–H and O–H groups in total. The molecule has 1 atom stereocenters. The van der Waals surface area contributed by atoms with E-state index in [1.54, 1.807) is 30.8 Å². The second-order valence-electron chi connectivity index (χ2n) is 5.12. The molecule has 3 nitrogen and oxygen atoms in total. The minimum Gasteiger partial charge on any atom is -0.272 e. The highest BCUT2D eigenvalue weighted by molar-refractivity contribution is 7.99. The molecule has 0 aliphatic rings. The molecule has 0 heterocycles. The highest BCUT2D eigenvalue weighted by Gasteiger charge is 2.13. The van der Waals surface area contributed by atoms with E-state index in [1.165, 1.54) is 17.7 Å². The predicted molar refractivity (Wildman–Crippen MR) is 94.0 cm³/mol. The average Bonchev–Trinajstić information content (AvgIpc) is 2.58. The molecule has 2 rings (SSSR count). The maximum atomic E-state index is 12.9. The van der Waals surface area contributed by atoms with Gasteiger partial charge in [-0.05, 0) is 37.1 Å². The Morgan fingerprint density at radius 1 is 1.17 bits per heavy atom. The fourth-order valence-electron chi connectivity index (χ4n) is 1.86. The Labute approximate surface area is 140 Å². The molecule has 0 bridgehead atoms. The number of carbonyl (C=O) groups is 1. The summed E-state index contributed by atoms with van der Waals surface area (Å²) in [5, 5.41) is 3.87. The smallest absolute Gasteiger partial charge is 0.252 e. The standard InChI is InChI=1S/C18H19FN2OS/c1-13(16-8-10-17(19)11-9-16)20-21-18(22)14(2)23-12-15-6-4-3-5-7-15/h3-11,14H,12H2,1-2H3,(H,21,22)/b20-13-/t14-/m1/s1. The Bertz CT molecular complexity index is 671.